The maximum Gasteiger partial charge on any atom is 0.413 e. The maximum absolute atomic E-state index is 12.2. The summed E-state index contributed by atoms with van der Waals surface area (Å²) in [5.41, 5.74) is 2.11. The van der Waals surface area contributed by atoms with Crippen molar-refractivity contribution in [3.63, 3.8) is 0 Å². The predicted octanol–water partition coefficient (Wildman–Crippen LogP) is 4.73. The summed E-state index contributed by atoms with van der Waals surface area (Å²) in [4.78, 5) is 25.4. The first kappa shape index (κ1) is 22.8. The number of nitrogens with one attached hydrogen (secondary N) is 1. The van der Waals surface area contributed by atoms with E-state index in [1.54, 1.807) is 44.3 Å². The molecule has 7 heteroatoms. The summed E-state index contributed by atoms with van der Waals surface area (Å²) in [6.07, 6.45) is 2.72. The lowest BCUT2D eigenvalue weighted by Crippen LogP contribution is -2.26. The molecule has 0 radical (unpaired) electrons. The molecule has 0 heterocycles. The maximum atomic E-state index is 12.2. The first-order valence-corrected chi connectivity index (χ1v) is 9.87. The van der Waals surface area contributed by atoms with E-state index in [4.69, 9.17) is 14.2 Å². The fourth-order valence-electron chi connectivity index (χ4n) is 2.62. The van der Waals surface area contributed by atoms with E-state index in [0.717, 1.165) is 5.56 Å². The summed E-state index contributed by atoms with van der Waals surface area (Å²) in [5, 5.41) is 2.79. The van der Waals surface area contributed by atoms with Crippen LogP contribution in [-0.2, 0) is 9.53 Å². The quantitative estimate of drug-likeness (QED) is 0.603. The summed E-state index contributed by atoms with van der Waals surface area (Å²) >= 11 is 0. The van der Waals surface area contributed by atoms with Gasteiger partial charge in [0.25, 0.3) is 0 Å². The Morgan fingerprint density at radius 1 is 0.933 bits per heavy atom. The topological polar surface area (TPSA) is 77.1 Å². The van der Waals surface area contributed by atoms with Crippen molar-refractivity contribution >= 4 is 29.5 Å². The van der Waals surface area contributed by atoms with Gasteiger partial charge in [-0.25, -0.2) is 4.79 Å². The number of carbonyl (C=O) groups is 2. The number of hydrogen-bond donors (Lipinski definition) is 1. The number of anilines is 2. The van der Waals surface area contributed by atoms with Crippen LogP contribution in [0.15, 0.2) is 48.5 Å². The highest BCUT2D eigenvalue weighted by Gasteiger charge is 2.11. The number of nitrogens with zero attached hydrogens (tertiary/aromatic N) is 1. The lowest BCUT2D eigenvalue weighted by atomic mass is 10.2. The highest BCUT2D eigenvalue weighted by Crippen LogP contribution is 2.29. The summed E-state index contributed by atoms with van der Waals surface area (Å²) < 4.78 is 16.1. The van der Waals surface area contributed by atoms with Crippen molar-refractivity contribution in [3.05, 3.63) is 54.1 Å². The van der Waals surface area contributed by atoms with Gasteiger partial charge in [0.2, 0.25) is 5.91 Å². The van der Waals surface area contributed by atoms with Crippen LogP contribution in [0.1, 0.15) is 26.3 Å². The Hall–Kier alpha value is -3.48. The molecule has 0 unspecified atom stereocenters. The van der Waals surface area contributed by atoms with Crippen LogP contribution in [0, 0.1) is 0 Å². The second kappa shape index (κ2) is 11.5. The van der Waals surface area contributed by atoms with E-state index in [-0.39, 0.29) is 5.91 Å². The van der Waals surface area contributed by atoms with Crippen LogP contribution in [-0.4, -0.2) is 38.9 Å². The summed E-state index contributed by atoms with van der Waals surface area (Å²) in [7, 11) is 1.63. The second-order valence-corrected chi connectivity index (χ2v) is 6.20. The molecule has 30 heavy (non-hydrogen) atoms. The highest BCUT2D eigenvalue weighted by molar-refractivity contribution is 6.02. The molecule has 7 nitrogen and oxygen atoms in total. The van der Waals surface area contributed by atoms with Crippen LogP contribution in [0.25, 0.3) is 6.08 Å². The molecule has 0 spiro atoms. The van der Waals surface area contributed by atoms with Gasteiger partial charge >= 0.3 is 6.09 Å². The number of benzene rings is 2. The van der Waals surface area contributed by atoms with E-state index >= 15 is 0 Å². The van der Waals surface area contributed by atoms with Gasteiger partial charge in [-0.05, 0) is 68.8 Å². The van der Waals surface area contributed by atoms with Crippen LogP contribution in [0.3, 0.4) is 0 Å². The Labute approximate surface area is 177 Å². The zero-order valence-corrected chi connectivity index (χ0v) is 17.8. The smallest absolute Gasteiger partial charge is 0.413 e. The van der Waals surface area contributed by atoms with Crippen molar-refractivity contribution in [1.82, 2.24) is 0 Å². The largest absolute Gasteiger partial charge is 0.490 e. The Bertz CT molecular complexity index is 878. The molecule has 1 N–H and O–H groups in total. The summed E-state index contributed by atoms with van der Waals surface area (Å²) in [6.45, 7) is 6.95. The molecular weight excluding hydrogens is 384 g/mol. The molecule has 0 fully saturated rings. The van der Waals surface area contributed by atoms with Crippen molar-refractivity contribution in [2.24, 2.45) is 0 Å². The first-order chi connectivity index (χ1) is 14.5. The molecule has 0 saturated heterocycles. The van der Waals surface area contributed by atoms with E-state index < -0.39 is 6.09 Å². The zero-order chi connectivity index (χ0) is 21.9. The van der Waals surface area contributed by atoms with Gasteiger partial charge in [-0.2, -0.15) is 0 Å². The Balaban J connectivity index is 2.00. The van der Waals surface area contributed by atoms with Gasteiger partial charge in [0.15, 0.2) is 11.5 Å². The highest BCUT2D eigenvalue weighted by atomic mass is 16.6. The molecular formula is C23H28N2O5. The molecule has 2 aromatic rings. The van der Waals surface area contributed by atoms with Gasteiger partial charge in [-0.3, -0.25) is 9.69 Å². The van der Waals surface area contributed by atoms with E-state index in [0.29, 0.717) is 42.7 Å². The molecule has 0 aliphatic carbocycles. The van der Waals surface area contributed by atoms with Crippen LogP contribution >= 0.6 is 0 Å². The van der Waals surface area contributed by atoms with Crippen LogP contribution < -0.4 is 19.7 Å². The standard InChI is InChI=1S/C23H28N2O5/c1-5-28-20-14-8-17(16-21(20)29-6-2)9-15-22(26)24-18-10-12-19(13-11-18)25(4)23(27)30-7-3/h8-16H,5-7H2,1-4H3,(H,24,26). The molecule has 0 aliphatic heterocycles. The lowest BCUT2D eigenvalue weighted by Gasteiger charge is -2.16. The van der Waals surface area contributed by atoms with Crippen LogP contribution in [0.5, 0.6) is 11.5 Å². The fourth-order valence-corrected chi connectivity index (χ4v) is 2.62. The molecule has 0 aromatic heterocycles. The lowest BCUT2D eigenvalue weighted by molar-refractivity contribution is -0.111. The van der Waals surface area contributed by atoms with Crippen molar-refractivity contribution in [2.75, 3.05) is 37.1 Å². The predicted molar refractivity (Wildman–Crippen MR) is 118 cm³/mol. The third kappa shape index (κ3) is 6.55. The molecule has 0 aliphatic rings. The molecule has 2 rings (SSSR count). The number of carbonyl (C=O) groups excluding carboxylic acids is 2. The molecule has 2 aromatic carbocycles. The SMILES string of the molecule is CCOC(=O)N(C)c1ccc(NC(=O)C=Cc2ccc(OCC)c(OCC)c2)cc1. The third-order valence-electron chi connectivity index (χ3n) is 4.06. The average Bonchev–Trinajstić information content (AvgIpc) is 2.74. The van der Waals surface area contributed by atoms with Crippen molar-refractivity contribution in [3.8, 4) is 11.5 Å². The average molecular weight is 412 g/mol. The minimum atomic E-state index is -0.431. The number of rotatable bonds is 9. The van der Waals surface area contributed by atoms with Gasteiger partial charge in [0.1, 0.15) is 0 Å². The third-order valence-corrected chi connectivity index (χ3v) is 4.06. The molecule has 160 valence electrons. The summed E-state index contributed by atoms with van der Waals surface area (Å²) in [5.74, 6) is 1.05. The Kier molecular flexibility index (Phi) is 8.75. The van der Waals surface area contributed by atoms with Crippen molar-refractivity contribution in [1.29, 1.82) is 0 Å². The van der Waals surface area contributed by atoms with Gasteiger partial charge in [0, 0.05) is 24.5 Å². The fraction of sp³-hybridized carbons (Fsp3) is 0.304. The van der Waals surface area contributed by atoms with E-state index in [1.807, 2.05) is 32.0 Å². The molecule has 0 saturated carbocycles. The monoisotopic (exact) mass is 412 g/mol. The van der Waals surface area contributed by atoms with Crippen molar-refractivity contribution in [2.45, 2.75) is 20.8 Å². The Morgan fingerprint density at radius 2 is 1.60 bits per heavy atom. The number of ether oxygens (including phenoxy) is 3. The molecule has 0 bridgehead atoms. The second-order valence-electron chi connectivity index (χ2n) is 6.20. The molecule has 2 amide bonds. The number of hydrogen-bond acceptors (Lipinski definition) is 5. The zero-order valence-electron chi connectivity index (χ0n) is 17.8. The minimum absolute atomic E-state index is 0.270. The van der Waals surface area contributed by atoms with Crippen molar-refractivity contribution < 1.29 is 23.8 Å². The van der Waals surface area contributed by atoms with E-state index in [9.17, 15) is 9.59 Å². The van der Waals surface area contributed by atoms with Crippen LogP contribution in [0.2, 0.25) is 0 Å². The van der Waals surface area contributed by atoms with Gasteiger partial charge in [-0.1, -0.05) is 6.07 Å². The van der Waals surface area contributed by atoms with Crippen LogP contribution in [0.4, 0.5) is 16.2 Å². The summed E-state index contributed by atoms with van der Waals surface area (Å²) in [6, 6.07) is 12.4. The minimum Gasteiger partial charge on any atom is -0.490 e. The Morgan fingerprint density at radius 3 is 2.23 bits per heavy atom. The normalized spacial score (nSPS) is 10.5. The first-order valence-electron chi connectivity index (χ1n) is 9.87. The van der Waals surface area contributed by atoms with E-state index in [2.05, 4.69) is 5.32 Å². The van der Waals surface area contributed by atoms with Gasteiger partial charge < -0.3 is 19.5 Å². The van der Waals surface area contributed by atoms with Gasteiger partial charge in [-0.15, -0.1) is 0 Å². The van der Waals surface area contributed by atoms with E-state index in [1.165, 1.54) is 11.0 Å². The van der Waals surface area contributed by atoms with Gasteiger partial charge in [0.05, 0.1) is 19.8 Å². The molecule has 0 atom stereocenters. The number of amides is 2.